The van der Waals surface area contributed by atoms with Crippen LogP contribution < -0.4 is 10.3 Å². The van der Waals surface area contributed by atoms with Crippen molar-refractivity contribution in [1.82, 2.24) is 29.4 Å². The van der Waals surface area contributed by atoms with Crippen molar-refractivity contribution in [1.29, 1.82) is 0 Å². The third kappa shape index (κ3) is 8.36. The molecule has 1 amide bonds. The lowest BCUT2D eigenvalue weighted by molar-refractivity contribution is -0.137. The average molecular weight is 647 g/mol. The summed E-state index contributed by atoms with van der Waals surface area (Å²) in [5.74, 6) is 0.292. The molecule has 3 heterocycles. The Bertz CT molecular complexity index is 1830. The molecule has 0 aliphatic carbocycles. The molecule has 5 rings (SSSR count). The standard InChI is InChI=1S/C33H29F3N6O3S/c1-41(18-22-5-7-25(8-6-22)26-9-11-28(12-10-26)33(34,35)36)29(43)20-42-19-27(14-24-16-38-31(45-2)39-17-24)30(44)40-32(42)46-21-23-4-3-13-37-15-23/h3-13,15-17,19H,14,18,20-21H2,1-2H3. The lowest BCUT2D eigenvalue weighted by Crippen LogP contribution is -2.31. The summed E-state index contributed by atoms with van der Waals surface area (Å²) in [6, 6.07) is 16.2. The molecule has 0 saturated carbocycles. The van der Waals surface area contributed by atoms with Crippen molar-refractivity contribution in [2.45, 2.75) is 36.6 Å². The van der Waals surface area contributed by atoms with E-state index in [2.05, 4.69) is 19.9 Å². The van der Waals surface area contributed by atoms with E-state index in [-0.39, 0.29) is 24.9 Å². The van der Waals surface area contributed by atoms with Gasteiger partial charge in [-0.15, -0.1) is 0 Å². The molecule has 5 aromatic rings. The fourth-order valence-corrected chi connectivity index (χ4v) is 5.44. The highest BCUT2D eigenvalue weighted by Crippen LogP contribution is 2.31. The van der Waals surface area contributed by atoms with E-state index in [1.807, 2.05) is 36.4 Å². The summed E-state index contributed by atoms with van der Waals surface area (Å²) >= 11 is 1.33. The van der Waals surface area contributed by atoms with Crippen LogP contribution in [0.25, 0.3) is 11.1 Å². The van der Waals surface area contributed by atoms with Crippen LogP contribution in [-0.2, 0) is 36.2 Å². The Hall–Kier alpha value is -5.04. The second kappa shape index (κ2) is 14.4. The van der Waals surface area contributed by atoms with E-state index >= 15 is 0 Å². The molecule has 0 saturated heterocycles. The van der Waals surface area contributed by atoms with Gasteiger partial charge in [0.2, 0.25) is 5.91 Å². The molecular formula is C33H29F3N6O3S. The first-order valence-electron chi connectivity index (χ1n) is 14.1. The van der Waals surface area contributed by atoms with Crippen molar-refractivity contribution in [3.8, 4) is 17.1 Å². The van der Waals surface area contributed by atoms with Crippen LogP contribution in [0.5, 0.6) is 6.01 Å². The molecular weight excluding hydrogens is 617 g/mol. The molecule has 0 fully saturated rings. The zero-order valence-corrected chi connectivity index (χ0v) is 25.8. The summed E-state index contributed by atoms with van der Waals surface area (Å²) in [6.45, 7) is 0.239. The Morgan fingerprint density at radius 3 is 2.22 bits per heavy atom. The van der Waals surface area contributed by atoms with E-state index in [0.29, 0.717) is 34.1 Å². The predicted molar refractivity (Wildman–Crippen MR) is 167 cm³/mol. The number of pyridine rings is 1. The van der Waals surface area contributed by atoms with Gasteiger partial charge in [-0.2, -0.15) is 18.2 Å². The lowest BCUT2D eigenvalue weighted by atomic mass is 10.0. The van der Waals surface area contributed by atoms with Crippen LogP contribution in [0.4, 0.5) is 13.2 Å². The van der Waals surface area contributed by atoms with Crippen LogP contribution in [-0.4, -0.2) is 49.5 Å². The second-order valence-corrected chi connectivity index (χ2v) is 11.4. The summed E-state index contributed by atoms with van der Waals surface area (Å²) in [4.78, 5) is 44.7. The Kier molecular flexibility index (Phi) is 10.1. The zero-order chi connectivity index (χ0) is 32.7. The maximum Gasteiger partial charge on any atom is 0.416 e. The van der Waals surface area contributed by atoms with Gasteiger partial charge in [0.25, 0.3) is 5.56 Å². The van der Waals surface area contributed by atoms with Gasteiger partial charge in [-0.3, -0.25) is 14.6 Å². The third-order valence-electron chi connectivity index (χ3n) is 7.03. The van der Waals surface area contributed by atoms with Gasteiger partial charge in [0.1, 0.15) is 6.54 Å². The number of rotatable bonds is 11. The predicted octanol–water partition coefficient (Wildman–Crippen LogP) is 5.66. The molecule has 0 unspecified atom stereocenters. The number of likely N-dealkylation sites (N-methyl/N-ethyl adjacent to an activating group) is 1. The SMILES string of the molecule is COc1ncc(Cc2cn(CC(=O)N(C)Cc3ccc(-c4ccc(C(F)(F)F)cc4)cc3)c(SCc3cccnc3)nc2=O)cn1. The van der Waals surface area contributed by atoms with Crippen LogP contribution in [0.3, 0.4) is 0 Å². The molecule has 0 aliphatic rings. The minimum atomic E-state index is -4.39. The number of benzene rings is 2. The molecule has 0 N–H and O–H groups in total. The van der Waals surface area contributed by atoms with Crippen molar-refractivity contribution in [2.75, 3.05) is 14.2 Å². The van der Waals surface area contributed by atoms with Crippen LogP contribution >= 0.6 is 11.8 Å². The van der Waals surface area contributed by atoms with E-state index in [1.165, 1.54) is 31.0 Å². The molecule has 0 atom stereocenters. The van der Waals surface area contributed by atoms with Crippen LogP contribution in [0.2, 0.25) is 0 Å². The van der Waals surface area contributed by atoms with Crippen molar-refractivity contribution < 1.29 is 22.7 Å². The molecule has 236 valence electrons. The fraction of sp³-hybridized carbons (Fsp3) is 0.212. The smallest absolute Gasteiger partial charge is 0.416 e. The molecule has 2 aromatic carbocycles. The van der Waals surface area contributed by atoms with Crippen LogP contribution in [0.1, 0.15) is 27.8 Å². The molecule has 46 heavy (non-hydrogen) atoms. The number of hydrogen-bond acceptors (Lipinski definition) is 8. The van der Waals surface area contributed by atoms with E-state index in [0.717, 1.165) is 28.8 Å². The first kappa shape index (κ1) is 32.4. The molecule has 0 radical (unpaired) electrons. The van der Waals surface area contributed by atoms with Crippen molar-refractivity contribution in [3.05, 3.63) is 130 Å². The summed E-state index contributed by atoms with van der Waals surface area (Å²) in [6.07, 6.45) is 4.03. The van der Waals surface area contributed by atoms with Crippen molar-refractivity contribution >= 4 is 17.7 Å². The molecule has 0 aliphatic heterocycles. The minimum absolute atomic E-state index is 0.0606. The normalized spacial score (nSPS) is 11.3. The van der Waals surface area contributed by atoms with Gasteiger partial charge in [-0.1, -0.05) is 54.2 Å². The van der Waals surface area contributed by atoms with Gasteiger partial charge in [0.05, 0.1) is 12.7 Å². The summed E-state index contributed by atoms with van der Waals surface area (Å²) < 4.78 is 45.4. The number of hydrogen-bond donors (Lipinski definition) is 0. The number of halogens is 3. The molecule has 0 bridgehead atoms. The highest BCUT2D eigenvalue weighted by Gasteiger charge is 2.30. The van der Waals surface area contributed by atoms with Gasteiger partial charge in [-0.25, -0.2) is 9.97 Å². The number of nitrogens with zero attached hydrogens (tertiary/aromatic N) is 6. The lowest BCUT2D eigenvalue weighted by Gasteiger charge is -2.20. The number of aromatic nitrogens is 5. The average Bonchev–Trinajstić information content (AvgIpc) is 3.06. The number of carbonyl (C=O) groups is 1. The zero-order valence-electron chi connectivity index (χ0n) is 24.9. The number of carbonyl (C=O) groups excluding carboxylic acids is 1. The fourth-order valence-electron chi connectivity index (χ4n) is 4.54. The third-order valence-corrected chi connectivity index (χ3v) is 8.09. The molecule has 13 heteroatoms. The highest BCUT2D eigenvalue weighted by molar-refractivity contribution is 7.98. The van der Waals surface area contributed by atoms with E-state index in [9.17, 15) is 22.8 Å². The number of methoxy groups -OCH3 is 1. The van der Waals surface area contributed by atoms with Gasteiger partial charge in [-0.05, 0) is 46.0 Å². The Morgan fingerprint density at radius 1 is 0.935 bits per heavy atom. The first-order valence-corrected chi connectivity index (χ1v) is 15.0. The van der Waals surface area contributed by atoms with E-state index < -0.39 is 17.3 Å². The minimum Gasteiger partial charge on any atom is -0.467 e. The van der Waals surface area contributed by atoms with Crippen molar-refractivity contribution in [3.63, 3.8) is 0 Å². The topological polar surface area (TPSA) is 103 Å². The van der Waals surface area contributed by atoms with Gasteiger partial charge in [0, 0.05) is 62.3 Å². The number of thioether (sulfide) groups is 1. The summed E-state index contributed by atoms with van der Waals surface area (Å²) in [5.41, 5.74) is 3.16. The molecule has 9 nitrogen and oxygen atoms in total. The number of amides is 1. The number of alkyl halides is 3. The van der Waals surface area contributed by atoms with Crippen molar-refractivity contribution in [2.24, 2.45) is 0 Å². The number of ether oxygens (including phenoxy) is 1. The Morgan fingerprint density at radius 2 is 1.61 bits per heavy atom. The highest BCUT2D eigenvalue weighted by atomic mass is 32.2. The Balaban J connectivity index is 1.31. The summed E-state index contributed by atoms with van der Waals surface area (Å²) in [7, 11) is 3.14. The van der Waals surface area contributed by atoms with Gasteiger partial charge in [0.15, 0.2) is 5.16 Å². The van der Waals surface area contributed by atoms with E-state index in [1.54, 1.807) is 47.5 Å². The first-order chi connectivity index (χ1) is 22.1. The molecule has 3 aromatic heterocycles. The summed E-state index contributed by atoms with van der Waals surface area (Å²) in [5, 5.41) is 0.395. The largest absolute Gasteiger partial charge is 0.467 e. The van der Waals surface area contributed by atoms with Crippen LogP contribution in [0, 0.1) is 0 Å². The molecule has 0 spiro atoms. The van der Waals surface area contributed by atoms with Gasteiger partial charge < -0.3 is 14.2 Å². The Labute approximate surface area is 267 Å². The maximum atomic E-state index is 13.4. The van der Waals surface area contributed by atoms with Crippen LogP contribution in [0.15, 0.2) is 102 Å². The van der Waals surface area contributed by atoms with E-state index in [4.69, 9.17) is 4.74 Å². The van der Waals surface area contributed by atoms with Gasteiger partial charge >= 0.3 is 12.2 Å². The monoisotopic (exact) mass is 646 g/mol. The maximum absolute atomic E-state index is 13.4. The second-order valence-electron chi connectivity index (χ2n) is 10.4. The quantitative estimate of drug-likeness (QED) is 0.134.